The number of likely N-dealkylation sites (tertiary alicyclic amines) is 1. The fourth-order valence-corrected chi connectivity index (χ4v) is 2.06. The molecule has 15 heavy (non-hydrogen) atoms. The van der Waals surface area contributed by atoms with Gasteiger partial charge < -0.3 is 4.90 Å². The Morgan fingerprint density at radius 1 is 1.27 bits per heavy atom. The lowest BCUT2D eigenvalue weighted by molar-refractivity contribution is -0.133. The zero-order valence-electron chi connectivity index (χ0n) is 8.17. The number of amides is 1. The minimum absolute atomic E-state index is 0.108. The van der Waals surface area contributed by atoms with Gasteiger partial charge in [0.15, 0.2) is 0 Å². The molecule has 1 saturated heterocycles. The molecule has 1 heterocycles. The fraction of sp³-hybridized carbons (Fsp3) is 0.364. The molecule has 1 amide bonds. The number of carbonyl (C=O) groups excluding carboxylic acids is 1. The summed E-state index contributed by atoms with van der Waals surface area (Å²) in [4.78, 5) is 13.5. The summed E-state index contributed by atoms with van der Waals surface area (Å²) in [5, 5.41) is 1.13. The third-order valence-electron chi connectivity index (χ3n) is 2.60. The predicted molar refractivity (Wildman–Crippen MR) is 61.4 cm³/mol. The van der Waals surface area contributed by atoms with Crippen molar-refractivity contribution in [3.8, 4) is 0 Å². The number of carbonyl (C=O) groups is 1. The molecule has 80 valence electrons. The highest BCUT2D eigenvalue weighted by Crippen LogP contribution is 2.25. The van der Waals surface area contributed by atoms with E-state index in [1.54, 1.807) is 18.2 Å². The van der Waals surface area contributed by atoms with Crippen molar-refractivity contribution in [1.82, 2.24) is 4.90 Å². The van der Waals surface area contributed by atoms with E-state index in [4.69, 9.17) is 23.2 Å². The Balaban J connectivity index is 2.12. The van der Waals surface area contributed by atoms with Gasteiger partial charge in [0.2, 0.25) is 5.91 Å². The summed E-state index contributed by atoms with van der Waals surface area (Å²) >= 11 is 12.0. The van der Waals surface area contributed by atoms with Crippen molar-refractivity contribution in [3.63, 3.8) is 0 Å². The quantitative estimate of drug-likeness (QED) is 0.783. The number of rotatable bonds is 2. The highest BCUT2D eigenvalue weighted by atomic mass is 35.5. The number of hydrogen-bond acceptors (Lipinski definition) is 1. The maximum absolute atomic E-state index is 11.7. The molecule has 1 fully saturated rings. The van der Waals surface area contributed by atoms with E-state index < -0.39 is 0 Å². The molecule has 0 radical (unpaired) electrons. The molecule has 1 aliphatic heterocycles. The van der Waals surface area contributed by atoms with Crippen molar-refractivity contribution < 1.29 is 4.79 Å². The number of halogens is 2. The minimum atomic E-state index is 0.108. The van der Waals surface area contributed by atoms with Crippen molar-refractivity contribution in [2.75, 3.05) is 13.1 Å². The van der Waals surface area contributed by atoms with E-state index in [-0.39, 0.29) is 5.91 Å². The van der Waals surface area contributed by atoms with E-state index in [2.05, 4.69) is 0 Å². The van der Waals surface area contributed by atoms with Gasteiger partial charge in [0.05, 0.1) is 6.42 Å². The monoisotopic (exact) mass is 243 g/mol. The largest absolute Gasteiger partial charge is 0.342 e. The van der Waals surface area contributed by atoms with Crippen LogP contribution in [-0.4, -0.2) is 23.9 Å². The van der Waals surface area contributed by atoms with Crippen LogP contribution in [0.4, 0.5) is 0 Å². The van der Waals surface area contributed by atoms with E-state index >= 15 is 0 Å². The van der Waals surface area contributed by atoms with E-state index in [0.717, 1.165) is 25.1 Å². The first-order valence-corrected chi connectivity index (χ1v) is 5.65. The molecule has 1 aromatic carbocycles. The van der Waals surface area contributed by atoms with Crippen LogP contribution in [0, 0.1) is 0 Å². The molecule has 0 saturated carbocycles. The molecule has 4 heteroatoms. The zero-order chi connectivity index (χ0) is 10.8. The Bertz CT molecular complexity index is 368. The second kappa shape index (κ2) is 4.42. The molecule has 1 aromatic rings. The van der Waals surface area contributed by atoms with Crippen molar-refractivity contribution in [1.29, 1.82) is 0 Å². The van der Waals surface area contributed by atoms with Gasteiger partial charge in [-0.3, -0.25) is 4.79 Å². The summed E-state index contributed by atoms with van der Waals surface area (Å²) in [5.74, 6) is 0.108. The molecule has 0 atom stereocenters. The molecule has 0 spiro atoms. The molecular weight excluding hydrogens is 233 g/mol. The Hall–Kier alpha value is -0.730. The molecule has 1 aliphatic rings. The third kappa shape index (κ3) is 2.27. The van der Waals surface area contributed by atoms with Crippen LogP contribution in [0.2, 0.25) is 10.0 Å². The van der Waals surface area contributed by atoms with Gasteiger partial charge in [-0.1, -0.05) is 29.3 Å². The van der Waals surface area contributed by atoms with E-state index in [1.807, 2.05) is 4.90 Å². The Morgan fingerprint density at radius 3 is 2.33 bits per heavy atom. The van der Waals surface area contributed by atoms with Gasteiger partial charge in [-0.2, -0.15) is 0 Å². The summed E-state index contributed by atoms with van der Waals surface area (Å²) in [7, 11) is 0. The van der Waals surface area contributed by atoms with Crippen LogP contribution in [0.25, 0.3) is 0 Å². The average Bonchev–Trinajstić information content (AvgIpc) is 2.08. The first-order chi connectivity index (χ1) is 7.18. The van der Waals surface area contributed by atoms with Crippen molar-refractivity contribution >= 4 is 29.1 Å². The minimum Gasteiger partial charge on any atom is -0.342 e. The molecule has 0 unspecified atom stereocenters. The van der Waals surface area contributed by atoms with Gasteiger partial charge in [0, 0.05) is 23.1 Å². The summed E-state index contributed by atoms with van der Waals surface area (Å²) in [6.45, 7) is 1.72. The first kappa shape index (κ1) is 10.8. The lowest BCUT2D eigenvalue weighted by Gasteiger charge is -2.31. The smallest absolute Gasteiger partial charge is 0.227 e. The lowest BCUT2D eigenvalue weighted by Crippen LogP contribution is -2.42. The van der Waals surface area contributed by atoms with Gasteiger partial charge in [-0.05, 0) is 24.1 Å². The Kier molecular flexibility index (Phi) is 3.17. The van der Waals surface area contributed by atoms with Crippen LogP contribution in [-0.2, 0) is 11.2 Å². The van der Waals surface area contributed by atoms with Crippen molar-refractivity contribution in [3.05, 3.63) is 33.8 Å². The average molecular weight is 244 g/mol. The van der Waals surface area contributed by atoms with Gasteiger partial charge in [0.1, 0.15) is 0 Å². The molecular formula is C11H11Cl2NO. The van der Waals surface area contributed by atoms with Gasteiger partial charge in [-0.25, -0.2) is 0 Å². The summed E-state index contributed by atoms with van der Waals surface area (Å²) in [5.41, 5.74) is 0.734. The molecule has 0 aliphatic carbocycles. The molecule has 0 N–H and O–H groups in total. The van der Waals surface area contributed by atoms with E-state index in [0.29, 0.717) is 16.5 Å². The SMILES string of the molecule is O=C(Cc1c(Cl)cccc1Cl)N1CCC1. The first-order valence-electron chi connectivity index (χ1n) is 4.89. The molecule has 0 aromatic heterocycles. The van der Waals surface area contributed by atoms with Crippen LogP contribution < -0.4 is 0 Å². The fourth-order valence-electron chi connectivity index (χ4n) is 1.53. The van der Waals surface area contributed by atoms with Crippen LogP contribution >= 0.6 is 23.2 Å². The van der Waals surface area contributed by atoms with E-state index in [9.17, 15) is 4.79 Å². The molecule has 0 bridgehead atoms. The van der Waals surface area contributed by atoms with Crippen molar-refractivity contribution in [2.24, 2.45) is 0 Å². The van der Waals surface area contributed by atoms with Crippen LogP contribution in [0.15, 0.2) is 18.2 Å². The maximum atomic E-state index is 11.7. The molecule has 2 nitrogen and oxygen atoms in total. The third-order valence-corrected chi connectivity index (χ3v) is 3.31. The zero-order valence-corrected chi connectivity index (χ0v) is 9.68. The Labute approximate surface area is 98.8 Å². The second-order valence-electron chi connectivity index (χ2n) is 3.61. The summed E-state index contributed by atoms with van der Waals surface area (Å²) in [6, 6.07) is 5.29. The van der Waals surface area contributed by atoms with Crippen LogP contribution in [0.5, 0.6) is 0 Å². The van der Waals surface area contributed by atoms with Gasteiger partial charge >= 0.3 is 0 Å². The number of nitrogens with zero attached hydrogens (tertiary/aromatic N) is 1. The van der Waals surface area contributed by atoms with Crippen molar-refractivity contribution in [2.45, 2.75) is 12.8 Å². The topological polar surface area (TPSA) is 20.3 Å². The summed E-state index contributed by atoms with van der Waals surface area (Å²) < 4.78 is 0. The molecule has 2 rings (SSSR count). The lowest BCUT2D eigenvalue weighted by atomic mass is 10.1. The van der Waals surface area contributed by atoms with Gasteiger partial charge in [0.25, 0.3) is 0 Å². The number of benzene rings is 1. The summed E-state index contributed by atoms with van der Waals surface area (Å²) in [6.07, 6.45) is 1.40. The predicted octanol–water partition coefficient (Wildman–Crippen LogP) is 2.77. The number of hydrogen-bond donors (Lipinski definition) is 0. The Morgan fingerprint density at radius 2 is 1.87 bits per heavy atom. The maximum Gasteiger partial charge on any atom is 0.227 e. The van der Waals surface area contributed by atoms with E-state index in [1.165, 1.54) is 0 Å². The van der Waals surface area contributed by atoms with Crippen LogP contribution in [0.1, 0.15) is 12.0 Å². The highest BCUT2D eigenvalue weighted by Gasteiger charge is 2.21. The highest BCUT2D eigenvalue weighted by molar-refractivity contribution is 6.36. The van der Waals surface area contributed by atoms with Crippen LogP contribution in [0.3, 0.4) is 0 Å². The second-order valence-corrected chi connectivity index (χ2v) is 4.43. The normalized spacial score (nSPS) is 14.9. The van der Waals surface area contributed by atoms with Gasteiger partial charge in [-0.15, -0.1) is 0 Å². The standard InChI is InChI=1S/C11H11Cl2NO/c12-9-3-1-4-10(13)8(9)7-11(15)14-5-2-6-14/h1,3-4H,2,5-7H2.